The lowest BCUT2D eigenvalue weighted by Gasteiger charge is -2.37. The van der Waals surface area contributed by atoms with Gasteiger partial charge < -0.3 is 15.4 Å². The van der Waals surface area contributed by atoms with E-state index in [1.54, 1.807) is 11.4 Å². The summed E-state index contributed by atoms with van der Waals surface area (Å²) in [7, 11) is -1.61. The van der Waals surface area contributed by atoms with Crippen molar-refractivity contribution in [3.05, 3.63) is 58.6 Å². The van der Waals surface area contributed by atoms with Crippen molar-refractivity contribution in [1.29, 1.82) is 0 Å². The van der Waals surface area contributed by atoms with Gasteiger partial charge in [-0.3, -0.25) is 9.78 Å². The molecule has 3 aliphatic rings. The lowest BCUT2D eigenvalue weighted by Crippen LogP contribution is -2.57. The highest BCUT2D eigenvalue weighted by atomic mass is 35.5. The maximum atomic E-state index is 15.1. The molecular formula is C31H42ClFN4O4S. The van der Waals surface area contributed by atoms with Crippen molar-refractivity contribution < 1.29 is 22.3 Å². The van der Waals surface area contributed by atoms with Crippen LogP contribution in [0.5, 0.6) is 0 Å². The number of anilines is 1. The molecule has 1 amide bonds. The van der Waals surface area contributed by atoms with E-state index in [0.29, 0.717) is 54.0 Å². The highest BCUT2D eigenvalue weighted by molar-refractivity contribution is 7.89. The zero-order valence-electron chi connectivity index (χ0n) is 24.2. The first-order valence-electron chi connectivity index (χ1n) is 15.1. The van der Waals surface area contributed by atoms with Gasteiger partial charge in [0.2, 0.25) is 15.9 Å². The number of nitrogens with zero attached hydrogens (tertiary/aromatic N) is 2. The number of pyridine rings is 1. The maximum Gasteiger partial charge on any atom is 0.225 e. The number of halogens is 2. The molecule has 4 unspecified atom stereocenters. The predicted octanol–water partition coefficient (Wildman–Crippen LogP) is 5.14. The Morgan fingerprint density at radius 3 is 2.69 bits per heavy atom. The van der Waals surface area contributed by atoms with Crippen LogP contribution in [0.2, 0.25) is 5.02 Å². The van der Waals surface area contributed by atoms with Gasteiger partial charge >= 0.3 is 0 Å². The molecule has 3 heterocycles. The lowest BCUT2D eigenvalue weighted by molar-refractivity contribution is -0.117. The van der Waals surface area contributed by atoms with Crippen LogP contribution >= 0.6 is 11.6 Å². The minimum atomic E-state index is -3.34. The van der Waals surface area contributed by atoms with Gasteiger partial charge in [-0.1, -0.05) is 23.7 Å². The summed E-state index contributed by atoms with van der Waals surface area (Å²) >= 11 is 6.16. The average Bonchev–Trinajstić information content (AvgIpc) is 3.08. The topological polar surface area (TPSA) is 101 Å². The first-order chi connectivity index (χ1) is 20.2. The smallest absolute Gasteiger partial charge is 0.225 e. The molecule has 2 aliphatic heterocycles. The minimum absolute atomic E-state index is 0.00484. The van der Waals surface area contributed by atoms with Crippen LogP contribution in [-0.4, -0.2) is 68.3 Å². The van der Waals surface area contributed by atoms with E-state index in [4.69, 9.17) is 16.3 Å². The van der Waals surface area contributed by atoms with E-state index >= 15 is 4.39 Å². The molecule has 1 aromatic heterocycles. The van der Waals surface area contributed by atoms with Crippen LogP contribution in [0.1, 0.15) is 68.4 Å². The van der Waals surface area contributed by atoms with Gasteiger partial charge in [-0.2, -0.15) is 4.31 Å². The Bertz CT molecular complexity index is 1320. The van der Waals surface area contributed by atoms with Crippen molar-refractivity contribution in [3.8, 4) is 0 Å². The molecule has 11 heteroatoms. The second-order valence-corrected chi connectivity index (χ2v) is 14.6. The Hall–Kier alpha value is -2.11. The Morgan fingerprint density at radius 2 is 1.95 bits per heavy atom. The van der Waals surface area contributed by atoms with Gasteiger partial charge in [0, 0.05) is 55.9 Å². The SMILES string of the molecule is COCC1CCC(C(CC(=O)Nc2cncc(F)c2CCC2CNC3CCCS(=O)(=O)N2C3)c2ccc(Cl)cc2)CC1. The van der Waals surface area contributed by atoms with Crippen molar-refractivity contribution in [2.24, 2.45) is 11.8 Å². The third-order valence-electron chi connectivity index (χ3n) is 9.33. The number of aromatic nitrogens is 1. The minimum Gasteiger partial charge on any atom is -0.384 e. The summed E-state index contributed by atoms with van der Waals surface area (Å²) in [5, 5.41) is 7.06. The van der Waals surface area contributed by atoms with Gasteiger partial charge in [0.1, 0.15) is 5.82 Å². The van der Waals surface area contributed by atoms with Crippen molar-refractivity contribution >= 4 is 33.2 Å². The van der Waals surface area contributed by atoms with E-state index in [1.807, 2.05) is 24.3 Å². The average molecular weight is 621 g/mol. The van der Waals surface area contributed by atoms with Gasteiger partial charge in [-0.25, -0.2) is 12.8 Å². The Labute approximate surface area is 253 Å². The quantitative estimate of drug-likeness (QED) is 0.382. The van der Waals surface area contributed by atoms with Crippen LogP contribution in [0.15, 0.2) is 36.7 Å². The number of fused-ring (bicyclic) bond motifs is 2. The Kier molecular flexibility index (Phi) is 10.5. The predicted molar refractivity (Wildman–Crippen MR) is 163 cm³/mol. The van der Waals surface area contributed by atoms with Crippen molar-refractivity contribution in [1.82, 2.24) is 14.6 Å². The van der Waals surface area contributed by atoms with Crippen molar-refractivity contribution in [3.63, 3.8) is 0 Å². The molecule has 2 bridgehead atoms. The summed E-state index contributed by atoms with van der Waals surface area (Å²) in [4.78, 5) is 17.5. The zero-order valence-corrected chi connectivity index (χ0v) is 25.8. The molecule has 2 aromatic rings. The molecule has 1 saturated carbocycles. The number of ether oxygens (including phenoxy) is 1. The number of carbonyl (C=O) groups is 1. The molecule has 5 rings (SSSR count). The highest BCUT2D eigenvalue weighted by Crippen LogP contribution is 2.41. The molecule has 230 valence electrons. The van der Waals surface area contributed by atoms with Crippen LogP contribution in [0.25, 0.3) is 0 Å². The second kappa shape index (κ2) is 14.1. The van der Waals surface area contributed by atoms with Crippen LogP contribution < -0.4 is 10.6 Å². The number of methoxy groups -OCH3 is 1. The van der Waals surface area contributed by atoms with Gasteiger partial charge in [0.15, 0.2) is 0 Å². The van der Waals surface area contributed by atoms with Gasteiger partial charge in [-0.05, 0) is 86.8 Å². The summed E-state index contributed by atoms with van der Waals surface area (Å²) in [5.74, 6) is 0.342. The maximum absolute atomic E-state index is 15.1. The van der Waals surface area contributed by atoms with E-state index in [9.17, 15) is 13.2 Å². The number of nitrogens with one attached hydrogen (secondary N) is 2. The number of piperazine rings is 1. The molecular weight excluding hydrogens is 579 g/mol. The third kappa shape index (κ3) is 7.69. The fourth-order valence-electron chi connectivity index (χ4n) is 7.04. The number of amides is 1. The molecule has 0 spiro atoms. The summed E-state index contributed by atoms with van der Waals surface area (Å²) in [5.41, 5.74) is 1.78. The molecule has 0 radical (unpaired) electrons. The molecule has 2 N–H and O–H groups in total. The molecule has 3 fully saturated rings. The summed E-state index contributed by atoms with van der Waals surface area (Å²) < 4.78 is 47.8. The zero-order chi connectivity index (χ0) is 29.7. The van der Waals surface area contributed by atoms with Crippen LogP contribution in [0.3, 0.4) is 0 Å². The molecule has 1 aromatic carbocycles. The number of hydrogen-bond donors (Lipinski definition) is 2. The number of carbonyl (C=O) groups excluding carboxylic acids is 1. The second-order valence-electron chi connectivity index (χ2n) is 12.1. The van der Waals surface area contributed by atoms with Crippen molar-refractivity contribution in [2.45, 2.75) is 75.8 Å². The Morgan fingerprint density at radius 1 is 1.19 bits per heavy atom. The van der Waals surface area contributed by atoms with Crippen LogP contribution in [0.4, 0.5) is 10.1 Å². The van der Waals surface area contributed by atoms with Crippen LogP contribution in [-0.2, 0) is 26.0 Å². The number of benzene rings is 1. The standard InChI is InChI=1S/C31H42ClFN4O4S/c1-41-20-21-4-6-22(7-5-21)28(23-8-10-24(32)11-9-23)15-31(38)36-30-18-34-17-29(33)27(30)13-12-26-16-35-25-3-2-14-42(39,40)37(26)19-25/h8-11,17-18,21-22,25-26,28,35H,2-7,12-16,19-20H2,1H3,(H,36,38). The molecule has 8 nitrogen and oxygen atoms in total. The fourth-order valence-corrected chi connectivity index (χ4v) is 8.97. The van der Waals surface area contributed by atoms with E-state index in [1.165, 1.54) is 6.20 Å². The largest absolute Gasteiger partial charge is 0.384 e. The number of hydrogen-bond acceptors (Lipinski definition) is 6. The molecule has 42 heavy (non-hydrogen) atoms. The fraction of sp³-hybridized carbons (Fsp3) is 0.613. The van der Waals surface area contributed by atoms with Gasteiger partial charge in [0.05, 0.1) is 23.8 Å². The van der Waals surface area contributed by atoms with E-state index < -0.39 is 15.8 Å². The summed E-state index contributed by atoms with van der Waals surface area (Å²) in [6.07, 6.45) is 9.26. The molecule has 2 saturated heterocycles. The molecule has 1 aliphatic carbocycles. The monoisotopic (exact) mass is 620 g/mol. The van der Waals surface area contributed by atoms with E-state index in [2.05, 4.69) is 15.6 Å². The lowest BCUT2D eigenvalue weighted by atomic mass is 9.72. The third-order valence-corrected chi connectivity index (χ3v) is 11.6. The van der Waals surface area contributed by atoms with Crippen LogP contribution in [0, 0.1) is 17.7 Å². The number of rotatable bonds is 10. The van der Waals surface area contributed by atoms with Crippen molar-refractivity contribution in [2.75, 3.05) is 37.9 Å². The van der Waals surface area contributed by atoms with Gasteiger partial charge in [-0.15, -0.1) is 0 Å². The molecule has 4 atom stereocenters. The Balaban J connectivity index is 1.28. The highest BCUT2D eigenvalue weighted by Gasteiger charge is 2.38. The van der Waals surface area contributed by atoms with E-state index in [0.717, 1.165) is 50.5 Å². The summed E-state index contributed by atoms with van der Waals surface area (Å²) in [6, 6.07) is 7.62. The first kappa shape index (κ1) is 31.3. The first-order valence-corrected chi connectivity index (χ1v) is 17.1. The number of sulfonamides is 1. The van der Waals surface area contributed by atoms with E-state index in [-0.39, 0.29) is 42.5 Å². The normalized spacial score (nSPS) is 28.0. The van der Waals surface area contributed by atoms with Gasteiger partial charge in [0.25, 0.3) is 0 Å². The summed E-state index contributed by atoms with van der Waals surface area (Å²) in [6.45, 7) is 1.75.